The van der Waals surface area contributed by atoms with Crippen LogP contribution >= 0.6 is 0 Å². The maximum Gasteiger partial charge on any atom is 0.226 e. The Balaban J connectivity index is 1.46. The normalized spacial score (nSPS) is 18.3. The molecule has 3 atom stereocenters. The van der Waals surface area contributed by atoms with Crippen LogP contribution in [0.25, 0.3) is 10.9 Å². The summed E-state index contributed by atoms with van der Waals surface area (Å²) in [5.41, 5.74) is 10.6. The number of ether oxygens (including phenoxy) is 2. The lowest BCUT2D eigenvalue weighted by Gasteiger charge is -2.24. The fourth-order valence-electron chi connectivity index (χ4n) is 5.01. The summed E-state index contributed by atoms with van der Waals surface area (Å²) in [6.07, 6.45) is 2.02. The van der Waals surface area contributed by atoms with Crippen molar-refractivity contribution in [1.82, 2.24) is 21.2 Å². The average Bonchev–Trinajstić information content (AvgIpc) is 3.57. The Morgan fingerprint density at radius 2 is 1.77 bits per heavy atom. The van der Waals surface area contributed by atoms with Crippen molar-refractivity contribution in [1.29, 1.82) is 0 Å². The Labute approximate surface area is 204 Å². The van der Waals surface area contributed by atoms with Crippen LogP contribution in [0.2, 0.25) is 0 Å². The van der Waals surface area contributed by atoms with Gasteiger partial charge in [0.1, 0.15) is 0 Å². The number of rotatable bonds is 8. The molecule has 1 fully saturated rings. The van der Waals surface area contributed by atoms with Gasteiger partial charge in [-0.3, -0.25) is 10.2 Å². The van der Waals surface area contributed by atoms with E-state index >= 15 is 0 Å². The van der Waals surface area contributed by atoms with E-state index in [9.17, 15) is 4.79 Å². The lowest BCUT2D eigenvalue weighted by molar-refractivity contribution is -0.124. The van der Waals surface area contributed by atoms with E-state index in [4.69, 9.17) is 9.47 Å². The van der Waals surface area contributed by atoms with Gasteiger partial charge in [0, 0.05) is 41.7 Å². The van der Waals surface area contributed by atoms with Crippen molar-refractivity contribution in [2.24, 2.45) is 5.92 Å². The number of H-pyrrole nitrogens is 1. The number of carbonyl (C=O) groups excluding carboxylic acids is 1. The molecule has 35 heavy (non-hydrogen) atoms. The second-order valence-corrected chi connectivity index (χ2v) is 8.69. The Morgan fingerprint density at radius 3 is 2.57 bits per heavy atom. The van der Waals surface area contributed by atoms with Crippen LogP contribution in [0.5, 0.6) is 11.5 Å². The standard InChI is InChI=1S/C28H30N4O3/c1-34-25-14-8-12-20(27(25)35-2)22(21-15-29-24-13-7-6-11-19(21)24)16-30-28(33)23-17-31-32-26(23)18-9-4-3-5-10-18/h3-15,22-23,26,29,31-32H,16-17H2,1-2H3,(H,30,33). The molecule has 0 aliphatic carbocycles. The molecule has 1 aliphatic heterocycles. The summed E-state index contributed by atoms with van der Waals surface area (Å²) in [6.45, 7) is 0.980. The summed E-state index contributed by atoms with van der Waals surface area (Å²) in [4.78, 5) is 16.8. The Hall–Kier alpha value is -3.81. The zero-order chi connectivity index (χ0) is 24.2. The van der Waals surface area contributed by atoms with E-state index in [1.165, 1.54) is 0 Å². The molecule has 180 valence electrons. The second-order valence-electron chi connectivity index (χ2n) is 8.69. The summed E-state index contributed by atoms with van der Waals surface area (Å²) < 4.78 is 11.3. The highest BCUT2D eigenvalue weighted by Crippen LogP contribution is 2.40. The third kappa shape index (κ3) is 4.48. The predicted molar refractivity (Wildman–Crippen MR) is 137 cm³/mol. The van der Waals surface area contributed by atoms with E-state index < -0.39 is 0 Å². The largest absolute Gasteiger partial charge is 0.493 e. The first kappa shape index (κ1) is 23.0. The number of hydrazine groups is 1. The summed E-state index contributed by atoms with van der Waals surface area (Å²) in [6, 6.07) is 24.0. The van der Waals surface area contributed by atoms with Gasteiger partial charge < -0.3 is 19.8 Å². The van der Waals surface area contributed by atoms with E-state index in [0.29, 0.717) is 24.6 Å². The average molecular weight is 471 g/mol. The molecule has 7 heteroatoms. The fraction of sp³-hybridized carbons (Fsp3) is 0.250. The number of amides is 1. The molecule has 0 radical (unpaired) electrons. The van der Waals surface area contributed by atoms with Gasteiger partial charge in [-0.15, -0.1) is 0 Å². The molecular weight excluding hydrogens is 440 g/mol. The molecule has 1 aliphatic rings. The van der Waals surface area contributed by atoms with Gasteiger partial charge in [0.15, 0.2) is 11.5 Å². The first-order valence-electron chi connectivity index (χ1n) is 11.8. The van der Waals surface area contributed by atoms with Crippen molar-refractivity contribution < 1.29 is 14.3 Å². The van der Waals surface area contributed by atoms with Crippen LogP contribution < -0.4 is 25.6 Å². The molecule has 0 saturated carbocycles. The van der Waals surface area contributed by atoms with Crippen molar-refractivity contribution in [2.75, 3.05) is 27.3 Å². The van der Waals surface area contributed by atoms with Gasteiger partial charge in [-0.05, 0) is 23.3 Å². The molecule has 3 unspecified atom stereocenters. The smallest absolute Gasteiger partial charge is 0.226 e. The van der Waals surface area contributed by atoms with Gasteiger partial charge in [-0.2, -0.15) is 0 Å². The van der Waals surface area contributed by atoms with E-state index in [1.54, 1.807) is 14.2 Å². The molecule has 4 aromatic rings. The zero-order valence-electron chi connectivity index (χ0n) is 19.9. The SMILES string of the molecule is COc1cccc(C(CNC(=O)C2CNNC2c2ccccc2)c2c[nH]c3ccccc23)c1OC. The Morgan fingerprint density at radius 1 is 0.971 bits per heavy atom. The number of benzene rings is 3. The van der Waals surface area contributed by atoms with Gasteiger partial charge in [0.05, 0.1) is 26.2 Å². The number of aromatic amines is 1. The Kier molecular flexibility index (Phi) is 6.70. The number of para-hydroxylation sites is 2. The quantitative estimate of drug-likeness (QED) is 0.314. The number of hydrogen-bond donors (Lipinski definition) is 4. The topological polar surface area (TPSA) is 87.4 Å². The lowest BCUT2D eigenvalue weighted by Crippen LogP contribution is -2.37. The van der Waals surface area contributed by atoms with Crippen molar-refractivity contribution in [3.8, 4) is 11.5 Å². The molecule has 0 spiro atoms. The molecule has 4 N–H and O–H groups in total. The second kappa shape index (κ2) is 10.2. The van der Waals surface area contributed by atoms with Crippen molar-refractivity contribution in [2.45, 2.75) is 12.0 Å². The highest BCUT2D eigenvalue weighted by molar-refractivity contribution is 5.85. The minimum absolute atomic E-state index is 0.00283. The summed E-state index contributed by atoms with van der Waals surface area (Å²) in [7, 11) is 3.28. The monoisotopic (exact) mass is 470 g/mol. The number of nitrogens with one attached hydrogen (secondary N) is 4. The van der Waals surface area contributed by atoms with E-state index in [2.05, 4.69) is 33.3 Å². The number of carbonyl (C=O) groups is 1. The van der Waals surface area contributed by atoms with Crippen LogP contribution in [-0.4, -0.2) is 38.2 Å². The highest BCUT2D eigenvalue weighted by Gasteiger charge is 2.34. The van der Waals surface area contributed by atoms with Gasteiger partial charge in [-0.1, -0.05) is 60.7 Å². The summed E-state index contributed by atoms with van der Waals surface area (Å²) in [5.74, 6) is 0.967. The van der Waals surface area contributed by atoms with E-state index in [1.807, 2.05) is 66.9 Å². The lowest BCUT2D eigenvalue weighted by atomic mass is 9.89. The van der Waals surface area contributed by atoms with Crippen LogP contribution in [-0.2, 0) is 4.79 Å². The molecule has 7 nitrogen and oxygen atoms in total. The number of aromatic nitrogens is 1. The fourth-order valence-corrected chi connectivity index (χ4v) is 5.01. The molecule has 1 aromatic heterocycles. The van der Waals surface area contributed by atoms with Gasteiger partial charge >= 0.3 is 0 Å². The van der Waals surface area contributed by atoms with Crippen molar-refractivity contribution in [3.63, 3.8) is 0 Å². The van der Waals surface area contributed by atoms with Crippen LogP contribution in [0.15, 0.2) is 79.0 Å². The van der Waals surface area contributed by atoms with E-state index in [0.717, 1.165) is 27.6 Å². The molecule has 1 amide bonds. The van der Waals surface area contributed by atoms with Gasteiger partial charge in [0.25, 0.3) is 0 Å². The molecule has 0 bridgehead atoms. The minimum atomic E-state index is -0.228. The molecular formula is C28H30N4O3. The highest BCUT2D eigenvalue weighted by atomic mass is 16.5. The number of hydrogen-bond acceptors (Lipinski definition) is 5. The first-order valence-corrected chi connectivity index (χ1v) is 11.8. The van der Waals surface area contributed by atoms with Crippen LogP contribution in [0.3, 0.4) is 0 Å². The summed E-state index contributed by atoms with van der Waals surface area (Å²) in [5, 5.41) is 4.35. The molecule has 1 saturated heterocycles. The molecule has 5 rings (SSSR count). The molecule has 3 aromatic carbocycles. The molecule has 2 heterocycles. The minimum Gasteiger partial charge on any atom is -0.493 e. The van der Waals surface area contributed by atoms with Gasteiger partial charge in [-0.25, -0.2) is 5.43 Å². The maximum atomic E-state index is 13.4. The first-order chi connectivity index (χ1) is 17.2. The van der Waals surface area contributed by atoms with E-state index in [-0.39, 0.29) is 23.8 Å². The zero-order valence-corrected chi connectivity index (χ0v) is 19.9. The van der Waals surface area contributed by atoms with Crippen LogP contribution in [0, 0.1) is 5.92 Å². The van der Waals surface area contributed by atoms with Crippen LogP contribution in [0.1, 0.15) is 28.7 Å². The maximum absolute atomic E-state index is 13.4. The van der Waals surface area contributed by atoms with Crippen molar-refractivity contribution >= 4 is 16.8 Å². The van der Waals surface area contributed by atoms with Gasteiger partial charge in [0.2, 0.25) is 5.91 Å². The predicted octanol–water partition coefficient (Wildman–Crippen LogP) is 3.90. The van der Waals surface area contributed by atoms with Crippen molar-refractivity contribution in [3.05, 3.63) is 95.7 Å². The number of fused-ring (bicyclic) bond motifs is 1. The summed E-state index contributed by atoms with van der Waals surface area (Å²) >= 11 is 0. The number of methoxy groups -OCH3 is 2. The van der Waals surface area contributed by atoms with Crippen LogP contribution in [0.4, 0.5) is 0 Å². The third-order valence-electron chi connectivity index (χ3n) is 6.76. The third-order valence-corrected chi connectivity index (χ3v) is 6.76. The Bertz CT molecular complexity index is 1300.